The van der Waals surface area contributed by atoms with E-state index in [0.717, 1.165) is 39.6 Å². The van der Waals surface area contributed by atoms with Crippen molar-refractivity contribution in [2.45, 2.75) is 6.54 Å². The summed E-state index contributed by atoms with van der Waals surface area (Å²) < 4.78 is 13.2. The number of carbonyl (C=O) groups excluding carboxylic acids is 1. The molecule has 1 aromatic heterocycles. The fourth-order valence-corrected chi connectivity index (χ4v) is 5.23. The number of thiocarbonyl (C=S) groups is 1. The van der Waals surface area contributed by atoms with Gasteiger partial charge in [-0.25, -0.2) is 4.68 Å². The summed E-state index contributed by atoms with van der Waals surface area (Å²) in [6, 6.07) is 25.2. The van der Waals surface area contributed by atoms with Crippen molar-refractivity contribution in [2.75, 3.05) is 13.7 Å². The van der Waals surface area contributed by atoms with Crippen molar-refractivity contribution < 1.29 is 14.3 Å². The smallest absolute Gasteiger partial charge is 0.266 e. The number of ether oxygens (including phenoxy) is 2. The maximum Gasteiger partial charge on any atom is 0.266 e. The van der Waals surface area contributed by atoms with E-state index in [1.54, 1.807) is 18.1 Å². The second-order valence-corrected chi connectivity index (χ2v) is 10.1. The van der Waals surface area contributed by atoms with Crippen LogP contribution in [0, 0.1) is 0 Å². The third-order valence-corrected chi connectivity index (χ3v) is 7.30. The Kier molecular flexibility index (Phi) is 7.72. The molecule has 190 valence electrons. The second-order valence-electron chi connectivity index (χ2n) is 8.45. The first-order chi connectivity index (χ1) is 18.6. The minimum Gasteiger partial charge on any atom is -0.497 e. The van der Waals surface area contributed by atoms with Crippen molar-refractivity contribution in [3.8, 4) is 28.4 Å². The normalized spacial score (nSPS) is 14.2. The van der Waals surface area contributed by atoms with E-state index in [4.69, 9.17) is 26.8 Å². The van der Waals surface area contributed by atoms with Gasteiger partial charge in [-0.05, 0) is 60.2 Å². The summed E-state index contributed by atoms with van der Waals surface area (Å²) >= 11 is 6.88. The van der Waals surface area contributed by atoms with Crippen LogP contribution >= 0.6 is 24.0 Å². The molecule has 1 fully saturated rings. The monoisotopic (exact) mass is 539 g/mol. The first-order valence-electron chi connectivity index (χ1n) is 11.9. The molecule has 6 nitrogen and oxygen atoms in total. The lowest BCUT2D eigenvalue weighted by atomic mass is 10.1. The number of rotatable bonds is 9. The molecule has 3 aromatic carbocycles. The Hall–Kier alpha value is -4.14. The number of carbonyl (C=O) groups is 1. The lowest BCUT2D eigenvalue weighted by molar-refractivity contribution is -0.122. The van der Waals surface area contributed by atoms with Crippen molar-refractivity contribution in [1.82, 2.24) is 14.7 Å². The highest BCUT2D eigenvalue weighted by Gasteiger charge is 2.32. The number of hydrogen-bond acceptors (Lipinski definition) is 6. The minimum atomic E-state index is -0.123. The summed E-state index contributed by atoms with van der Waals surface area (Å²) in [5, 5.41) is 4.87. The van der Waals surface area contributed by atoms with Gasteiger partial charge >= 0.3 is 0 Å². The maximum absolute atomic E-state index is 13.4. The van der Waals surface area contributed by atoms with Crippen molar-refractivity contribution in [2.24, 2.45) is 0 Å². The molecule has 0 N–H and O–H groups in total. The lowest BCUT2D eigenvalue weighted by Crippen LogP contribution is -2.27. The van der Waals surface area contributed by atoms with Gasteiger partial charge in [0.15, 0.2) is 0 Å². The number of aromatic nitrogens is 2. The van der Waals surface area contributed by atoms with E-state index in [9.17, 15) is 4.79 Å². The zero-order chi connectivity index (χ0) is 26.5. The molecule has 4 aromatic rings. The first kappa shape index (κ1) is 25.5. The van der Waals surface area contributed by atoms with Crippen LogP contribution in [-0.4, -0.2) is 38.6 Å². The average Bonchev–Trinajstić information content (AvgIpc) is 3.49. The molecule has 38 heavy (non-hydrogen) atoms. The van der Waals surface area contributed by atoms with E-state index in [2.05, 4.69) is 6.58 Å². The maximum atomic E-state index is 13.4. The van der Waals surface area contributed by atoms with Crippen molar-refractivity contribution in [1.29, 1.82) is 0 Å². The number of hydrogen-bond donors (Lipinski definition) is 0. The summed E-state index contributed by atoms with van der Waals surface area (Å²) in [4.78, 5) is 15.6. The molecule has 1 aliphatic heterocycles. The number of thioether (sulfide) groups is 1. The Morgan fingerprint density at radius 1 is 1.00 bits per heavy atom. The van der Waals surface area contributed by atoms with Crippen LogP contribution in [0.4, 0.5) is 0 Å². The molecule has 0 saturated carbocycles. The Labute approximate surface area is 231 Å². The van der Waals surface area contributed by atoms with Crippen molar-refractivity contribution in [3.63, 3.8) is 0 Å². The fraction of sp³-hybridized carbons (Fsp3) is 0.100. The summed E-state index contributed by atoms with van der Waals surface area (Å²) in [5.74, 6) is 1.39. The molecule has 0 unspecified atom stereocenters. The molecule has 1 aliphatic rings. The Morgan fingerprint density at radius 3 is 2.39 bits per heavy atom. The minimum absolute atomic E-state index is 0.123. The van der Waals surface area contributed by atoms with Crippen molar-refractivity contribution in [3.05, 3.63) is 114 Å². The largest absolute Gasteiger partial charge is 0.497 e. The van der Waals surface area contributed by atoms with Gasteiger partial charge in [0.1, 0.15) is 22.4 Å². The first-order valence-corrected chi connectivity index (χ1v) is 13.2. The summed E-state index contributed by atoms with van der Waals surface area (Å²) in [5.41, 5.74) is 4.37. The molecule has 0 bridgehead atoms. The Balaban J connectivity index is 1.47. The zero-order valence-electron chi connectivity index (χ0n) is 20.7. The fourth-order valence-electron chi connectivity index (χ4n) is 3.99. The van der Waals surface area contributed by atoms with Crippen LogP contribution in [0.1, 0.15) is 11.1 Å². The Bertz CT molecular complexity index is 1490. The summed E-state index contributed by atoms with van der Waals surface area (Å²) in [6.07, 6.45) is 5.51. The summed E-state index contributed by atoms with van der Waals surface area (Å²) in [6.45, 7) is 4.52. The third kappa shape index (κ3) is 5.56. The number of para-hydroxylation sites is 1. The van der Waals surface area contributed by atoms with Gasteiger partial charge < -0.3 is 9.47 Å². The van der Waals surface area contributed by atoms with Gasteiger partial charge in [-0.15, -0.1) is 0 Å². The lowest BCUT2D eigenvalue weighted by Gasteiger charge is -2.14. The van der Waals surface area contributed by atoms with Crippen LogP contribution in [0.25, 0.3) is 23.0 Å². The molecule has 0 aliphatic carbocycles. The molecule has 8 heteroatoms. The number of amides is 1. The quantitative estimate of drug-likeness (QED) is 0.137. The number of methoxy groups -OCH3 is 1. The predicted molar refractivity (Wildman–Crippen MR) is 156 cm³/mol. The van der Waals surface area contributed by atoms with Crippen LogP contribution in [0.3, 0.4) is 0 Å². The molecule has 0 radical (unpaired) electrons. The van der Waals surface area contributed by atoms with Gasteiger partial charge in [0.2, 0.25) is 0 Å². The molecule has 1 amide bonds. The van der Waals surface area contributed by atoms with E-state index in [1.807, 2.05) is 95.8 Å². The van der Waals surface area contributed by atoms with Gasteiger partial charge in [0, 0.05) is 17.3 Å². The molecule has 0 atom stereocenters. The van der Waals surface area contributed by atoms with Gasteiger partial charge in [-0.3, -0.25) is 9.69 Å². The van der Waals surface area contributed by atoms with Gasteiger partial charge in [-0.1, -0.05) is 67.0 Å². The Morgan fingerprint density at radius 2 is 1.71 bits per heavy atom. The highest BCUT2D eigenvalue weighted by molar-refractivity contribution is 8.26. The predicted octanol–water partition coefficient (Wildman–Crippen LogP) is 6.51. The standard InChI is InChI=1S/C30H25N3O3S2/c1-3-17-36-26-15-11-22(12-16-26)28-23(20-33(31-28)24-7-5-4-6-8-24)18-27-29(34)32(30(37)38-27)19-21-9-13-25(35-2)14-10-21/h3-16,18,20H,1,17,19H2,2H3/b27-18+. The number of benzene rings is 3. The van der Waals surface area contributed by atoms with Crippen molar-refractivity contribution >= 4 is 40.3 Å². The molecule has 0 spiro atoms. The van der Waals surface area contributed by atoms with Gasteiger partial charge in [0.25, 0.3) is 5.91 Å². The van der Waals surface area contributed by atoms with Crippen LogP contribution in [0.5, 0.6) is 11.5 Å². The van der Waals surface area contributed by atoms with Crippen LogP contribution in [0.2, 0.25) is 0 Å². The topological polar surface area (TPSA) is 56.6 Å². The molecular weight excluding hydrogens is 514 g/mol. The molecular formula is C30H25N3O3S2. The van der Waals surface area contributed by atoms with E-state index in [-0.39, 0.29) is 5.91 Å². The highest BCUT2D eigenvalue weighted by Crippen LogP contribution is 2.36. The van der Waals surface area contributed by atoms with E-state index >= 15 is 0 Å². The molecule has 2 heterocycles. The SMILES string of the molecule is C=CCOc1ccc(-c2nn(-c3ccccc3)cc2/C=C2/SC(=S)N(Cc3ccc(OC)cc3)C2=O)cc1. The molecule has 1 saturated heterocycles. The zero-order valence-corrected chi connectivity index (χ0v) is 22.4. The van der Waals surface area contributed by atoms with Crippen LogP contribution in [0.15, 0.2) is 103 Å². The van der Waals surface area contributed by atoms with E-state index < -0.39 is 0 Å². The summed E-state index contributed by atoms with van der Waals surface area (Å²) in [7, 11) is 1.63. The van der Waals surface area contributed by atoms with Gasteiger partial charge in [-0.2, -0.15) is 5.10 Å². The van der Waals surface area contributed by atoms with E-state index in [0.29, 0.717) is 22.4 Å². The van der Waals surface area contributed by atoms with E-state index in [1.165, 1.54) is 11.8 Å². The van der Waals surface area contributed by atoms with Gasteiger partial charge in [0.05, 0.1) is 29.9 Å². The number of nitrogens with zero attached hydrogens (tertiary/aromatic N) is 3. The molecule has 5 rings (SSSR count). The van der Waals surface area contributed by atoms with Crippen LogP contribution in [-0.2, 0) is 11.3 Å². The third-order valence-electron chi connectivity index (χ3n) is 5.92. The second kappa shape index (κ2) is 11.5. The average molecular weight is 540 g/mol. The van der Waals surface area contributed by atoms with Crippen LogP contribution < -0.4 is 9.47 Å². The highest BCUT2D eigenvalue weighted by atomic mass is 32.2.